The zero-order chi connectivity index (χ0) is 11.1. The Labute approximate surface area is 91.6 Å². The molecule has 0 fully saturated rings. The molecule has 0 bridgehead atoms. The average Bonchev–Trinajstić information content (AvgIpc) is 2.30. The van der Waals surface area contributed by atoms with E-state index in [0.717, 1.165) is 24.3 Å². The molecule has 0 spiro atoms. The van der Waals surface area contributed by atoms with Gasteiger partial charge < -0.3 is 4.74 Å². The molecule has 0 aliphatic rings. The second-order valence-electron chi connectivity index (χ2n) is 3.30. The second kappa shape index (κ2) is 6.10. The summed E-state index contributed by atoms with van der Waals surface area (Å²) < 4.78 is 5.27. The zero-order valence-corrected chi connectivity index (χ0v) is 9.29. The molecule has 1 aromatic rings. The number of hydrogen-bond acceptors (Lipinski definition) is 2. The fourth-order valence-electron chi connectivity index (χ4n) is 1.45. The molecule has 0 aromatic heterocycles. The maximum Gasteiger partial charge on any atom is 0.124 e. The Morgan fingerprint density at radius 3 is 2.80 bits per heavy atom. The van der Waals surface area contributed by atoms with Gasteiger partial charge in [-0.15, -0.1) is 6.42 Å². The van der Waals surface area contributed by atoms with Crippen LogP contribution < -0.4 is 10.1 Å². The molecule has 15 heavy (non-hydrogen) atoms. The van der Waals surface area contributed by atoms with Gasteiger partial charge in [0.2, 0.25) is 0 Å². The first-order valence-corrected chi connectivity index (χ1v) is 5.16. The van der Waals surface area contributed by atoms with Crippen LogP contribution in [0.25, 0.3) is 0 Å². The normalized spacial score (nSPS) is 11.8. The molecule has 1 N–H and O–H groups in total. The first-order chi connectivity index (χ1) is 7.33. The Bertz CT molecular complexity index is 341. The lowest BCUT2D eigenvalue weighted by molar-refractivity contribution is 0.405. The summed E-state index contributed by atoms with van der Waals surface area (Å²) in [5, 5.41) is 3.29. The van der Waals surface area contributed by atoms with Crippen LogP contribution in [0.3, 0.4) is 0 Å². The van der Waals surface area contributed by atoms with E-state index in [4.69, 9.17) is 11.2 Å². The van der Waals surface area contributed by atoms with E-state index in [2.05, 4.69) is 18.2 Å². The summed E-state index contributed by atoms with van der Waals surface area (Å²) in [6, 6.07) is 7.76. The second-order valence-corrected chi connectivity index (χ2v) is 3.30. The molecule has 1 aromatic carbocycles. The summed E-state index contributed by atoms with van der Waals surface area (Å²) in [6.45, 7) is 3.02. The van der Waals surface area contributed by atoms with E-state index in [1.807, 2.05) is 24.3 Å². The average molecular weight is 203 g/mol. The lowest BCUT2D eigenvalue weighted by Gasteiger charge is -2.15. The van der Waals surface area contributed by atoms with Gasteiger partial charge >= 0.3 is 0 Å². The van der Waals surface area contributed by atoms with Crippen molar-refractivity contribution in [2.75, 3.05) is 13.7 Å². The molecule has 0 radical (unpaired) electrons. The van der Waals surface area contributed by atoms with E-state index in [0.29, 0.717) is 0 Å². The van der Waals surface area contributed by atoms with E-state index < -0.39 is 0 Å². The van der Waals surface area contributed by atoms with Crippen LogP contribution in [0.4, 0.5) is 0 Å². The van der Waals surface area contributed by atoms with Crippen LogP contribution in [0, 0.1) is 12.3 Å². The van der Waals surface area contributed by atoms with Gasteiger partial charge in [0.15, 0.2) is 0 Å². The Balaban J connectivity index is 2.86. The fourth-order valence-corrected chi connectivity index (χ4v) is 1.45. The Hall–Kier alpha value is -1.46. The predicted molar refractivity (Wildman–Crippen MR) is 62.9 cm³/mol. The molecule has 1 atom stereocenters. The van der Waals surface area contributed by atoms with Crippen molar-refractivity contribution in [3.8, 4) is 18.1 Å². The van der Waals surface area contributed by atoms with Gasteiger partial charge in [0.05, 0.1) is 13.2 Å². The minimum Gasteiger partial charge on any atom is -0.496 e. The quantitative estimate of drug-likeness (QED) is 0.742. The van der Waals surface area contributed by atoms with Crippen molar-refractivity contribution < 1.29 is 4.74 Å². The Morgan fingerprint density at radius 2 is 2.20 bits per heavy atom. The van der Waals surface area contributed by atoms with Crippen LogP contribution in [-0.2, 0) is 0 Å². The highest BCUT2D eigenvalue weighted by molar-refractivity contribution is 5.39. The first kappa shape index (κ1) is 11.6. The van der Waals surface area contributed by atoms with Crippen molar-refractivity contribution in [2.24, 2.45) is 0 Å². The lowest BCUT2D eigenvalue weighted by atomic mass is 10.1. The van der Waals surface area contributed by atoms with Crippen LogP contribution in [0.5, 0.6) is 5.75 Å². The first-order valence-electron chi connectivity index (χ1n) is 5.16. The molecule has 2 heteroatoms. The number of terminal acetylenes is 1. The van der Waals surface area contributed by atoms with Gasteiger partial charge in [0, 0.05) is 5.56 Å². The number of para-hydroxylation sites is 1. The van der Waals surface area contributed by atoms with Crippen molar-refractivity contribution in [3.05, 3.63) is 29.8 Å². The van der Waals surface area contributed by atoms with E-state index in [1.165, 1.54) is 0 Å². The van der Waals surface area contributed by atoms with Gasteiger partial charge in [-0.3, -0.25) is 5.32 Å². The predicted octanol–water partition coefficient (Wildman–Crippen LogP) is 2.37. The summed E-state index contributed by atoms with van der Waals surface area (Å²) in [5.41, 5.74) is 1.02. The maximum absolute atomic E-state index is 5.50. The Morgan fingerprint density at radius 1 is 1.47 bits per heavy atom. The van der Waals surface area contributed by atoms with Crippen LogP contribution in [0.2, 0.25) is 0 Å². The number of ether oxygens (including phenoxy) is 1. The highest BCUT2D eigenvalue weighted by Crippen LogP contribution is 2.23. The fraction of sp³-hybridized carbons (Fsp3) is 0.385. The van der Waals surface area contributed by atoms with E-state index >= 15 is 0 Å². The molecular formula is C13H17NO. The summed E-state index contributed by atoms with van der Waals surface area (Å²) >= 11 is 0. The topological polar surface area (TPSA) is 21.3 Å². The number of methoxy groups -OCH3 is 1. The Kier molecular flexibility index (Phi) is 4.73. The van der Waals surface area contributed by atoms with E-state index in [-0.39, 0.29) is 6.04 Å². The number of nitrogens with one attached hydrogen (secondary N) is 1. The number of benzene rings is 1. The minimum absolute atomic E-state index is 0.0684. The van der Waals surface area contributed by atoms with Crippen molar-refractivity contribution in [3.63, 3.8) is 0 Å². The van der Waals surface area contributed by atoms with Crippen LogP contribution >= 0.6 is 0 Å². The smallest absolute Gasteiger partial charge is 0.124 e. The summed E-state index contributed by atoms with van der Waals surface area (Å²) in [4.78, 5) is 0. The molecule has 0 heterocycles. The van der Waals surface area contributed by atoms with Crippen molar-refractivity contribution in [1.82, 2.24) is 5.32 Å². The minimum atomic E-state index is -0.0684. The van der Waals surface area contributed by atoms with Crippen LogP contribution in [-0.4, -0.2) is 13.7 Å². The molecule has 1 rings (SSSR count). The molecule has 0 saturated heterocycles. The highest BCUT2D eigenvalue weighted by Gasteiger charge is 2.11. The molecule has 2 nitrogen and oxygen atoms in total. The number of rotatable bonds is 5. The molecule has 0 amide bonds. The molecule has 0 aliphatic heterocycles. The number of hydrogen-bond donors (Lipinski definition) is 1. The zero-order valence-electron chi connectivity index (χ0n) is 9.29. The third kappa shape index (κ3) is 3.00. The van der Waals surface area contributed by atoms with Gasteiger partial charge in [0.25, 0.3) is 0 Å². The summed E-state index contributed by atoms with van der Waals surface area (Å²) in [5.74, 6) is 3.57. The van der Waals surface area contributed by atoms with Gasteiger partial charge in [-0.2, -0.15) is 0 Å². The third-order valence-corrected chi connectivity index (χ3v) is 2.22. The molecular weight excluding hydrogens is 186 g/mol. The molecule has 0 aliphatic carbocycles. The van der Waals surface area contributed by atoms with Gasteiger partial charge in [-0.05, 0) is 19.0 Å². The van der Waals surface area contributed by atoms with E-state index in [9.17, 15) is 0 Å². The maximum atomic E-state index is 5.50. The van der Waals surface area contributed by atoms with Crippen molar-refractivity contribution >= 4 is 0 Å². The molecule has 80 valence electrons. The highest BCUT2D eigenvalue weighted by atomic mass is 16.5. The van der Waals surface area contributed by atoms with Gasteiger partial charge in [0.1, 0.15) is 5.75 Å². The lowest BCUT2D eigenvalue weighted by Crippen LogP contribution is -2.21. The van der Waals surface area contributed by atoms with Crippen LogP contribution in [0.1, 0.15) is 24.9 Å². The molecule has 0 saturated carbocycles. The third-order valence-electron chi connectivity index (χ3n) is 2.22. The summed E-state index contributed by atoms with van der Waals surface area (Å²) in [6.07, 6.45) is 6.56. The largest absolute Gasteiger partial charge is 0.496 e. The van der Waals surface area contributed by atoms with Crippen LogP contribution in [0.15, 0.2) is 24.3 Å². The van der Waals surface area contributed by atoms with Gasteiger partial charge in [-0.25, -0.2) is 0 Å². The van der Waals surface area contributed by atoms with E-state index in [1.54, 1.807) is 7.11 Å². The summed E-state index contributed by atoms with van der Waals surface area (Å²) in [7, 11) is 1.66. The van der Waals surface area contributed by atoms with Crippen molar-refractivity contribution in [1.29, 1.82) is 0 Å². The van der Waals surface area contributed by atoms with Gasteiger partial charge in [-0.1, -0.05) is 31.0 Å². The standard InChI is InChI=1S/C13H17NO/c1-4-10-14-12(5-2)11-8-6-7-9-13(11)15-3/h2,6-9,12,14H,4,10H2,1,3H3. The monoisotopic (exact) mass is 203 g/mol. The van der Waals surface area contributed by atoms with Crippen molar-refractivity contribution in [2.45, 2.75) is 19.4 Å². The SMILES string of the molecule is C#CC(NCCC)c1ccccc1OC. The molecule has 1 unspecified atom stereocenters.